The van der Waals surface area contributed by atoms with Crippen LogP contribution in [-0.4, -0.2) is 20.0 Å². The van der Waals surface area contributed by atoms with E-state index in [9.17, 15) is 4.79 Å². The number of hydrogen-bond acceptors (Lipinski definition) is 5. The molecule has 0 bridgehead atoms. The summed E-state index contributed by atoms with van der Waals surface area (Å²) >= 11 is 1.58. The first kappa shape index (κ1) is 19.8. The Morgan fingerprint density at radius 3 is 2.29 bits per heavy atom. The molecule has 5 heteroatoms. The number of carbonyl (C=O) groups excluding carboxylic acids is 1. The number of para-hydroxylation sites is 1. The molecule has 0 fully saturated rings. The first-order chi connectivity index (χ1) is 13.6. The van der Waals surface area contributed by atoms with Gasteiger partial charge in [-0.1, -0.05) is 48.5 Å². The molecule has 28 heavy (non-hydrogen) atoms. The number of ether oxygens (including phenoxy) is 2. The molecule has 0 saturated carbocycles. The van der Waals surface area contributed by atoms with Crippen molar-refractivity contribution in [3.05, 3.63) is 83.9 Å². The Kier molecular flexibility index (Phi) is 6.61. The predicted octanol–water partition coefficient (Wildman–Crippen LogP) is 5.39. The monoisotopic (exact) mass is 393 g/mol. The van der Waals surface area contributed by atoms with Crippen LogP contribution in [0, 0.1) is 0 Å². The molecule has 0 saturated heterocycles. The smallest absolute Gasteiger partial charge is 0.164 e. The molecule has 0 heterocycles. The third kappa shape index (κ3) is 4.67. The maximum absolute atomic E-state index is 12.9. The van der Waals surface area contributed by atoms with Crippen molar-refractivity contribution in [2.75, 3.05) is 20.0 Å². The molecule has 0 aliphatic heterocycles. The van der Waals surface area contributed by atoms with Crippen LogP contribution in [0.25, 0.3) is 0 Å². The van der Waals surface area contributed by atoms with Crippen LogP contribution in [0.5, 0.6) is 11.5 Å². The summed E-state index contributed by atoms with van der Waals surface area (Å²) in [5.74, 6) is 1.38. The summed E-state index contributed by atoms with van der Waals surface area (Å²) < 4.78 is 10.8. The second kappa shape index (κ2) is 9.33. The van der Waals surface area contributed by atoms with Crippen LogP contribution in [0.15, 0.2) is 77.7 Å². The van der Waals surface area contributed by atoms with Gasteiger partial charge in [-0.25, -0.2) is 0 Å². The summed E-state index contributed by atoms with van der Waals surface area (Å²) in [6.45, 7) is 0. The summed E-state index contributed by atoms with van der Waals surface area (Å²) in [6, 6.07) is 22.8. The molecule has 0 radical (unpaired) electrons. The van der Waals surface area contributed by atoms with Crippen molar-refractivity contribution >= 4 is 23.2 Å². The lowest BCUT2D eigenvalue weighted by atomic mass is 10.0. The van der Waals surface area contributed by atoms with Gasteiger partial charge in [-0.2, -0.15) is 0 Å². The first-order valence-electron chi connectivity index (χ1n) is 8.93. The summed E-state index contributed by atoms with van der Waals surface area (Å²) in [7, 11) is 3.21. The Morgan fingerprint density at radius 2 is 1.61 bits per heavy atom. The van der Waals surface area contributed by atoms with Crippen LogP contribution in [0.3, 0.4) is 0 Å². The minimum Gasteiger partial charge on any atom is -0.493 e. The van der Waals surface area contributed by atoms with Crippen molar-refractivity contribution in [3.63, 3.8) is 0 Å². The molecule has 3 aromatic carbocycles. The summed E-state index contributed by atoms with van der Waals surface area (Å²) in [6.07, 6.45) is 0.346. The third-order valence-corrected chi connectivity index (χ3v) is 5.78. The Balaban J connectivity index is 1.94. The van der Waals surface area contributed by atoms with E-state index < -0.39 is 0 Å². The van der Waals surface area contributed by atoms with Crippen molar-refractivity contribution in [2.45, 2.75) is 16.6 Å². The number of methoxy groups -OCH3 is 2. The van der Waals surface area contributed by atoms with E-state index in [1.54, 1.807) is 26.0 Å². The number of nitrogen functional groups attached to an aromatic ring is 1. The zero-order valence-electron chi connectivity index (χ0n) is 15.9. The fourth-order valence-corrected chi connectivity index (χ4v) is 4.12. The Bertz CT molecular complexity index is 944. The zero-order valence-corrected chi connectivity index (χ0v) is 16.7. The van der Waals surface area contributed by atoms with Crippen molar-refractivity contribution in [1.82, 2.24) is 0 Å². The third-order valence-electron chi connectivity index (χ3n) is 4.43. The minimum absolute atomic E-state index is 0.0855. The molecular formula is C23H23NO3S. The molecule has 2 N–H and O–H groups in total. The molecule has 3 rings (SSSR count). The number of carbonyl (C=O) groups is 1. The summed E-state index contributed by atoms with van der Waals surface area (Å²) in [4.78, 5) is 13.8. The van der Waals surface area contributed by atoms with Gasteiger partial charge in [0.15, 0.2) is 17.3 Å². The van der Waals surface area contributed by atoms with Crippen LogP contribution in [0.1, 0.15) is 27.6 Å². The van der Waals surface area contributed by atoms with Gasteiger partial charge in [-0.15, -0.1) is 11.8 Å². The molecule has 0 aliphatic carbocycles. The number of benzene rings is 3. The Labute approximate surface area is 169 Å². The van der Waals surface area contributed by atoms with Gasteiger partial charge >= 0.3 is 0 Å². The first-order valence-corrected chi connectivity index (χ1v) is 9.81. The van der Waals surface area contributed by atoms with Gasteiger partial charge in [0, 0.05) is 27.8 Å². The van der Waals surface area contributed by atoms with Crippen molar-refractivity contribution in [2.24, 2.45) is 0 Å². The highest BCUT2D eigenvalue weighted by Crippen LogP contribution is 2.43. The molecule has 0 unspecified atom stereocenters. The molecule has 0 aromatic heterocycles. The van der Waals surface area contributed by atoms with Gasteiger partial charge in [0.05, 0.1) is 14.2 Å². The number of thioether (sulfide) groups is 1. The van der Waals surface area contributed by atoms with Crippen LogP contribution < -0.4 is 15.2 Å². The number of rotatable bonds is 8. The lowest BCUT2D eigenvalue weighted by Crippen LogP contribution is -2.06. The molecule has 144 valence electrons. The van der Waals surface area contributed by atoms with E-state index in [1.807, 2.05) is 72.8 Å². The van der Waals surface area contributed by atoms with Crippen molar-refractivity contribution < 1.29 is 14.3 Å². The summed E-state index contributed by atoms with van der Waals surface area (Å²) in [5, 5.41) is -0.114. The van der Waals surface area contributed by atoms with E-state index in [4.69, 9.17) is 15.2 Å². The van der Waals surface area contributed by atoms with Crippen LogP contribution >= 0.6 is 11.8 Å². The van der Waals surface area contributed by atoms with Gasteiger partial charge < -0.3 is 15.2 Å². The highest BCUT2D eigenvalue weighted by atomic mass is 32.2. The maximum Gasteiger partial charge on any atom is 0.164 e. The zero-order chi connectivity index (χ0) is 19.9. The Hall–Kier alpha value is -2.92. The lowest BCUT2D eigenvalue weighted by Gasteiger charge is -2.19. The lowest BCUT2D eigenvalue weighted by molar-refractivity contribution is 0.0982. The highest BCUT2D eigenvalue weighted by Gasteiger charge is 2.21. The van der Waals surface area contributed by atoms with E-state index in [-0.39, 0.29) is 11.0 Å². The van der Waals surface area contributed by atoms with E-state index in [1.165, 1.54) is 0 Å². The van der Waals surface area contributed by atoms with Crippen LogP contribution in [0.2, 0.25) is 0 Å². The summed E-state index contributed by atoms with van der Waals surface area (Å²) in [5.41, 5.74) is 8.52. The van der Waals surface area contributed by atoms with E-state index in [2.05, 4.69) is 0 Å². The Morgan fingerprint density at radius 1 is 0.929 bits per heavy atom. The molecule has 3 aromatic rings. The standard InChI is InChI=1S/C23H23NO3S/c1-26-20-13-12-17(14-21(20)27-2)23(28-22-11-7-6-10-18(22)24)15-19(25)16-8-4-3-5-9-16/h3-14,23H,15,24H2,1-2H3/t23-/m1/s1. The average molecular weight is 394 g/mol. The highest BCUT2D eigenvalue weighted by molar-refractivity contribution is 7.99. The van der Waals surface area contributed by atoms with Gasteiger partial charge in [-0.05, 0) is 29.8 Å². The second-order valence-electron chi connectivity index (χ2n) is 6.25. The normalized spacial score (nSPS) is 11.6. The number of nitrogens with two attached hydrogens (primary N) is 1. The van der Waals surface area contributed by atoms with E-state index in [0.717, 1.165) is 10.5 Å². The minimum atomic E-state index is -0.114. The molecule has 0 spiro atoms. The number of hydrogen-bond donors (Lipinski definition) is 1. The van der Waals surface area contributed by atoms with E-state index >= 15 is 0 Å². The SMILES string of the molecule is COc1ccc([C@@H](CC(=O)c2ccccc2)Sc2ccccc2N)cc1OC. The molecule has 4 nitrogen and oxygen atoms in total. The van der Waals surface area contributed by atoms with Gasteiger partial charge in [-0.3, -0.25) is 4.79 Å². The van der Waals surface area contributed by atoms with Crippen LogP contribution in [0.4, 0.5) is 5.69 Å². The molecule has 0 aliphatic rings. The predicted molar refractivity (Wildman–Crippen MR) is 114 cm³/mol. The van der Waals surface area contributed by atoms with Crippen LogP contribution in [-0.2, 0) is 0 Å². The van der Waals surface area contributed by atoms with E-state index in [0.29, 0.717) is 29.2 Å². The van der Waals surface area contributed by atoms with Gasteiger partial charge in [0.2, 0.25) is 0 Å². The topological polar surface area (TPSA) is 61.5 Å². The van der Waals surface area contributed by atoms with Crippen molar-refractivity contribution in [1.29, 1.82) is 0 Å². The van der Waals surface area contributed by atoms with Gasteiger partial charge in [0.25, 0.3) is 0 Å². The molecule has 1 atom stereocenters. The molecular weight excluding hydrogens is 370 g/mol. The molecule has 0 amide bonds. The number of Topliss-reactive ketones (excluding diaryl/α,β-unsaturated/α-hetero) is 1. The average Bonchev–Trinajstić information content (AvgIpc) is 2.74. The number of anilines is 1. The number of ketones is 1. The van der Waals surface area contributed by atoms with Gasteiger partial charge in [0.1, 0.15) is 0 Å². The largest absolute Gasteiger partial charge is 0.493 e. The second-order valence-corrected chi connectivity index (χ2v) is 7.50. The van der Waals surface area contributed by atoms with Crippen molar-refractivity contribution in [3.8, 4) is 11.5 Å². The maximum atomic E-state index is 12.9. The fourth-order valence-electron chi connectivity index (χ4n) is 2.93. The fraction of sp³-hybridized carbons (Fsp3) is 0.174. The quantitative estimate of drug-likeness (QED) is 0.316.